The van der Waals surface area contributed by atoms with Crippen LogP contribution in [0.2, 0.25) is 5.02 Å². The average molecular weight is 367 g/mol. The van der Waals surface area contributed by atoms with Crippen LogP contribution < -0.4 is 0 Å². The summed E-state index contributed by atoms with van der Waals surface area (Å²) in [6.07, 6.45) is -0.0754. The van der Waals surface area contributed by atoms with Gasteiger partial charge in [0, 0.05) is 29.7 Å². The standard InChI is InChI=1S/C16H15ClN2O4S/c17-12-4-2-1-3-11(12)14-8-13(18-23-14)16(22)19-5-6-24-9-10(19)7-15(20)21/h1-4,8,10H,5-7,9H2,(H,20,21). The predicted octanol–water partition coefficient (Wildman–Crippen LogP) is 3.03. The molecule has 1 aromatic heterocycles. The summed E-state index contributed by atoms with van der Waals surface area (Å²) in [6, 6.07) is 8.33. The van der Waals surface area contributed by atoms with Crippen LogP contribution in [-0.4, -0.2) is 51.1 Å². The van der Waals surface area contributed by atoms with Gasteiger partial charge in [-0.3, -0.25) is 9.59 Å². The molecule has 0 radical (unpaired) electrons. The Balaban J connectivity index is 1.82. The molecule has 24 heavy (non-hydrogen) atoms. The maximum absolute atomic E-state index is 12.7. The first kappa shape index (κ1) is 16.9. The van der Waals surface area contributed by atoms with E-state index in [9.17, 15) is 9.59 Å². The van der Waals surface area contributed by atoms with Crippen LogP contribution in [0.3, 0.4) is 0 Å². The van der Waals surface area contributed by atoms with Crippen LogP contribution in [0.15, 0.2) is 34.9 Å². The Morgan fingerprint density at radius 2 is 2.21 bits per heavy atom. The number of carboxylic acid groups (broad SMARTS) is 1. The van der Waals surface area contributed by atoms with Gasteiger partial charge in [0.15, 0.2) is 11.5 Å². The van der Waals surface area contributed by atoms with E-state index in [4.69, 9.17) is 21.2 Å². The van der Waals surface area contributed by atoms with Crippen molar-refractivity contribution in [1.82, 2.24) is 10.1 Å². The van der Waals surface area contributed by atoms with Gasteiger partial charge in [0.1, 0.15) is 0 Å². The van der Waals surface area contributed by atoms with Gasteiger partial charge in [0.2, 0.25) is 0 Å². The fraction of sp³-hybridized carbons (Fsp3) is 0.312. The van der Waals surface area contributed by atoms with E-state index < -0.39 is 5.97 Å². The van der Waals surface area contributed by atoms with E-state index >= 15 is 0 Å². The van der Waals surface area contributed by atoms with Crippen molar-refractivity contribution in [1.29, 1.82) is 0 Å². The molecule has 1 unspecified atom stereocenters. The molecule has 3 rings (SSSR count). The van der Waals surface area contributed by atoms with Gasteiger partial charge in [-0.2, -0.15) is 11.8 Å². The first-order chi connectivity index (χ1) is 11.6. The van der Waals surface area contributed by atoms with Gasteiger partial charge in [-0.25, -0.2) is 0 Å². The van der Waals surface area contributed by atoms with Gasteiger partial charge in [0.05, 0.1) is 17.5 Å². The molecule has 1 amide bonds. The van der Waals surface area contributed by atoms with Gasteiger partial charge < -0.3 is 14.5 Å². The first-order valence-electron chi connectivity index (χ1n) is 7.38. The number of carbonyl (C=O) groups is 2. The lowest BCUT2D eigenvalue weighted by atomic mass is 10.1. The van der Waals surface area contributed by atoms with Gasteiger partial charge >= 0.3 is 5.97 Å². The maximum atomic E-state index is 12.7. The number of aromatic nitrogens is 1. The van der Waals surface area contributed by atoms with Crippen LogP contribution in [0.5, 0.6) is 0 Å². The van der Waals surface area contributed by atoms with Crippen molar-refractivity contribution in [2.24, 2.45) is 0 Å². The summed E-state index contributed by atoms with van der Waals surface area (Å²) in [7, 11) is 0. The molecule has 126 valence electrons. The Kier molecular flexibility index (Phi) is 5.11. The number of hydrogen-bond donors (Lipinski definition) is 1. The van der Waals surface area contributed by atoms with Crippen LogP contribution in [-0.2, 0) is 4.79 Å². The molecule has 8 heteroatoms. The highest BCUT2D eigenvalue weighted by Crippen LogP contribution is 2.29. The number of nitrogens with zero attached hydrogens (tertiary/aromatic N) is 2. The lowest BCUT2D eigenvalue weighted by molar-refractivity contribution is -0.138. The molecule has 1 aliphatic heterocycles. The zero-order valence-corrected chi connectivity index (χ0v) is 14.2. The van der Waals surface area contributed by atoms with E-state index in [1.54, 1.807) is 40.9 Å². The second-order valence-corrected chi connectivity index (χ2v) is 6.94. The van der Waals surface area contributed by atoms with Crippen molar-refractivity contribution in [3.8, 4) is 11.3 Å². The number of amides is 1. The number of rotatable bonds is 4. The Morgan fingerprint density at radius 1 is 1.42 bits per heavy atom. The van der Waals surface area contributed by atoms with Crippen molar-refractivity contribution >= 4 is 35.2 Å². The second kappa shape index (κ2) is 7.27. The molecule has 1 aromatic carbocycles. The molecule has 1 aliphatic rings. The zero-order chi connectivity index (χ0) is 17.1. The van der Waals surface area contributed by atoms with Crippen LogP contribution in [0.1, 0.15) is 16.9 Å². The third-order valence-corrected chi connectivity index (χ3v) is 5.19. The molecule has 0 aliphatic carbocycles. The summed E-state index contributed by atoms with van der Waals surface area (Å²) in [5.74, 6) is 0.551. The fourth-order valence-electron chi connectivity index (χ4n) is 2.60. The summed E-state index contributed by atoms with van der Waals surface area (Å²) in [5, 5.41) is 13.4. The van der Waals surface area contributed by atoms with Gasteiger partial charge in [-0.05, 0) is 12.1 Å². The number of carbonyl (C=O) groups excluding carboxylic acids is 1. The smallest absolute Gasteiger partial charge is 0.305 e. The average Bonchev–Trinajstić information content (AvgIpc) is 3.04. The topological polar surface area (TPSA) is 83.6 Å². The fourth-order valence-corrected chi connectivity index (χ4v) is 3.90. The number of benzene rings is 1. The predicted molar refractivity (Wildman–Crippen MR) is 91.4 cm³/mol. The number of hydrogen-bond acceptors (Lipinski definition) is 5. The highest BCUT2D eigenvalue weighted by Gasteiger charge is 2.31. The SMILES string of the molecule is O=C(O)CC1CSCCN1C(=O)c1cc(-c2ccccc2Cl)on1. The van der Waals surface area contributed by atoms with Crippen LogP contribution in [0.4, 0.5) is 0 Å². The molecule has 2 aromatic rings. The highest BCUT2D eigenvalue weighted by atomic mass is 35.5. The van der Waals surface area contributed by atoms with Crippen molar-refractivity contribution in [3.63, 3.8) is 0 Å². The lowest BCUT2D eigenvalue weighted by Gasteiger charge is -2.33. The number of thioether (sulfide) groups is 1. The van der Waals surface area contributed by atoms with Crippen molar-refractivity contribution < 1.29 is 19.2 Å². The van der Waals surface area contributed by atoms with Gasteiger partial charge in [0.25, 0.3) is 5.91 Å². The molecule has 1 atom stereocenters. The minimum Gasteiger partial charge on any atom is -0.481 e. The van der Waals surface area contributed by atoms with E-state index in [0.717, 1.165) is 5.75 Å². The van der Waals surface area contributed by atoms with E-state index in [2.05, 4.69) is 5.16 Å². The minimum absolute atomic E-state index is 0.0754. The molecule has 1 fully saturated rings. The molecular formula is C16H15ClN2O4S. The summed E-state index contributed by atoms with van der Waals surface area (Å²) in [6.45, 7) is 0.496. The third-order valence-electron chi connectivity index (χ3n) is 3.77. The van der Waals surface area contributed by atoms with Crippen molar-refractivity contribution in [2.75, 3.05) is 18.1 Å². The normalized spacial score (nSPS) is 17.7. The monoisotopic (exact) mass is 366 g/mol. The Morgan fingerprint density at radius 3 is 2.96 bits per heavy atom. The van der Waals surface area contributed by atoms with E-state index in [-0.39, 0.29) is 24.1 Å². The summed E-state index contributed by atoms with van der Waals surface area (Å²) >= 11 is 7.77. The van der Waals surface area contributed by atoms with E-state index in [1.165, 1.54) is 0 Å². The van der Waals surface area contributed by atoms with Crippen LogP contribution >= 0.6 is 23.4 Å². The molecule has 6 nitrogen and oxygen atoms in total. The highest BCUT2D eigenvalue weighted by molar-refractivity contribution is 7.99. The van der Waals surface area contributed by atoms with Crippen LogP contribution in [0, 0.1) is 0 Å². The summed E-state index contributed by atoms with van der Waals surface area (Å²) in [4.78, 5) is 25.3. The first-order valence-corrected chi connectivity index (χ1v) is 8.91. The molecular weight excluding hydrogens is 352 g/mol. The number of halogens is 1. The molecule has 0 saturated carbocycles. The lowest BCUT2D eigenvalue weighted by Crippen LogP contribution is -2.47. The number of aliphatic carboxylic acids is 1. The second-order valence-electron chi connectivity index (χ2n) is 5.38. The minimum atomic E-state index is -0.919. The molecule has 0 bridgehead atoms. The molecule has 1 saturated heterocycles. The quantitative estimate of drug-likeness (QED) is 0.895. The summed E-state index contributed by atoms with van der Waals surface area (Å²) < 4.78 is 5.26. The largest absolute Gasteiger partial charge is 0.481 e. The Labute approximate surface area is 147 Å². The maximum Gasteiger partial charge on any atom is 0.305 e. The molecule has 1 N–H and O–H groups in total. The van der Waals surface area contributed by atoms with E-state index in [0.29, 0.717) is 28.6 Å². The van der Waals surface area contributed by atoms with Crippen LogP contribution in [0.25, 0.3) is 11.3 Å². The Hall–Kier alpha value is -1.99. The Bertz CT molecular complexity index is 764. The van der Waals surface area contributed by atoms with Gasteiger partial charge in [-0.15, -0.1) is 0 Å². The van der Waals surface area contributed by atoms with Crippen molar-refractivity contribution in [2.45, 2.75) is 12.5 Å². The third kappa shape index (κ3) is 3.57. The van der Waals surface area contributed by atoms with Gasteiger partial charge in [-0.1, -0.05) is 28.9 Å². The number of carboxylic acids is 1. The molecule has 2 heterocycles. The summed E-state index contributed by atoms with van der Waals surface area (Å²) in [5.41, 5.74) is 0.814. The zero-order valence-electron chi connectivity index (χ0n) is 12.6. The van der Waals surface area contributed by atoms with E-state index in [1.807, 2.05) is 6.07 Å². The van der Waals surface area contributed by atoms with Crippen molar-refractivity contribution in [3.05, 3.63) is 41.0 Å². The molecule has 0 spiro atoms.